The van der Waals surface area contributed by atoms with Gasteiger partial charge >= 0.3 is 6.18 Å². The Kier molecular flexibility index (Phi) is 5.06. The summed E-state index contributed by atoms with van der Waals surface area (Å²) in [5.74, 6) is -0.562. The lowest BCUT2D eigenvalue weighted by atomic mass is 9.99. The molecule has 116 valence electrons. The Labute approximate surface area is 120 Å². The molecule has 7 heteroatoms. The number of carbonyl (C=O) groups is 1. The van der Waals surface area contributed by atoms with Crippen LogP contribution in [0.1, 0.15) is 17.5 Å². The number of alkyl halides is 3. The lowest BCUT2D eigenvalue weighted by Gasteiger charge is -2.21. The van der Waals surface area contributed by atoms with Crippen molar-refractivity contribution < 1.29 is 22.7 Å². The van der Waals surface area contributed by atoms with Crippen molar-refractivity contribution in [1.82, 2.24) is 5.32 Å². The summed E-state index contributed by atoms with van der Waals surface area (Å²) >= 11 is 0. The van der Waals surface area contributed by atoms with Crippen LogP contribution in [0, 0.1) is 0 Å². The monoisotopic (exact) mass is 302 g/mol. The van der Waals surface area contributed by atoms with Gasteiger partial charge in [-0.15, -0.1) is 0 Å². The van der Waals surface area contributed by atoms with Crippen molar-refractivity contribution in [2.45, 2.75) is 25.6 Å². The average molecular weight is 302 g/mol. The molecule has 0 atom stereocenters. The van der Waals surface area contributed by atoms with Crippen molar-refractivity contribution in [3.63, 3.8) is 0 Å². The average Bonchev–Trinajstić information content (AvgIpc) is 2.43. The summed E-state index contributed by atoms with van der Waals surface area (Å²) in [5.41, 5.74) is 3.14. The van der Waals surface area contributed by atoms with E-state index in [9.17, 15) is 18.0 Å². The van der Waals surface area contributed by atoms with Crippen molar-refractivity contribution in [2.75, 3.05) is 25.1 Å². The molecule has 1 aliphatic heterocycles. The normalized spacial score (nSPS) is 14.2. The van der Waals surface area contributed by atoms with Crippen LogP contribution < -0.4 is 10.6 Å². The van der Waals surface area contributed by atoms with Crippen molar-refractivity contribution in [1.29, 1.82) is 0 Å². The van der Waals surface area contributed by atoms with Crippen LogP contribution in [0.25, 0.3) is 0 Å². The first-order valence-electron chi connectivity index (χ1n) is 6.71. The number of para-hydroxylation sites is 1. The summed E-state index contributed by atoms with van der Waals surface area (Å²) in [5, 5.41) is 5.85. The minimum atomic E-state index is -4.41. The zero-order chi connectivity index (χ0) is 15.3. The van der Waals surface area contributed by atoms with Gasteiger partial charge in [-0.1, -0.05) is 18.2 Å². The van der Waals surface area contributed by atoms with E-state index in [4.69, 9.17) is 0 Å². The highest BCUT2D eigenvalue weighted by atomic mass is 19.4. The van der Waals surface area contributed by atoms with Gasteiger partial charge in [0.15, 0.2) is 0 Å². The highest BCUT2D eigenvalue weighted by Crippen LogP contribution is 2.25. The summed E-state index contributed by atoms with van der Waals surface area (Å²) in [6, 6.07) is 5.82. The summed E-state index contributed by atoms with van der Waals surface area (Å²) in [6.07, 6.45) is -2.37. The second-order valence-electron chi connectivity index (χ2n) is 4.87. The molecule has 0 aliphatic carbocycles. The fourth-order valence-corrected chi connectivity index (χ4v) is 2.23. The Morgan fingerprint density at radius 1 is 1.38 bits per heavy atom. The minimum Gasteiger partial charge on any atom is -0.385 e. The molecule has 2 rings (SSSR count). The highest BCUT2D eigenvalue weighted by molar-refractivity contribution is 5.77. The zero-order valence-electron chi connectivity index (χ0n) is 11.4. The van der Waals surface area contributed by atoms with E-state index in [2.05, 4.69) is 15.4 Å². The largest absolute Gasteiger partial charge is 0.411 e. The molecule has 0 saturated carbocycles. The van der Waals surface area contributed by atoms with Crippen LogP contribution in [-0.4, -0.2) is 31.8 Å². The molecular weight excluding hydrogens is 285 g/mol. The molecule has 4 nitrogen and oxygen atoms in total. The first-order valence-corrected chi connectivity index (χ1v) is 6.71. The maximum absolute atomic E-state index is 11.9. The summed E-state index contributed by atoms with van der Waals surface area (Å²) in [6.45, 7) is -0.859. The van der Waals surface area contributed by atoms with E-state index in [1.54, 1.807) is 0 Å². The number of ether oxygens (including phenoxy) is 1. The van der Waals surface area contributed by atoms with Crippen molar-refractivity contribution in [2.24, 2.45) is 0 Å². The van der Waals surface area contributed by atoms with Gasteiger partial charge in [0.2, 0.25) is 5.91 Å². The molecule has 0 aromatic heterocycles. The summed E-state index contributed by atoms with van der Waals surface area (Å²) in [7, 11) is 0. The molecule has 1 amide bonds. The van der Waals surface area contributed by atoms with E-state index in [0.29, 0.717) is 0 Å². The number of carbonyl (C=O) groups excluding carboxylic acids is 1. The van der Waals surface area contributed by atoms with Crippen molar-refractivity contribution >= 4 is 11.6 Å². The first kappa shape index (κ1) is 15.6. The van der Waals surface area contributed by atoms with Gasteiger partial charge in [0.05, 0.1) is 0 Å². The van der Waals surface area contributed by atoms with Crippen LogP contribution in [0.5, 0.6) is 0 Å². The molecule has 0 radical (unpaired) electrons. The number of fused-ring (bicyclic) bond motifs is 1. The Bertz CT molecular complexity index is 503. The van der Waals surface area contributed by atoms with Gasteiger partial charge in [-0.25, -0.2) is 0 Å². The van der Waals surface area contributed by atoms with E-state index in [1.165, 1.54) is 5.56 Å². The molecule has 0 spiro atoms. The number of rotatable bonds is 5. The molecule has 0 bridgehead atoms. The Hall–Kier alpha value is -1.76. The van der Waals surface area contributed by atoms with Crippen LogP contribution in [0.4, 0.5) is 18.9 Å². The van der Waals surface area contributed by atoms with Crippen LogP contribution >= 0.6 is 0 Å². The van der Waals surface area contributed by atoms with Gasteiger partial charge in [0, 0.05) is 18.8 Å². The van der Waals surface area contributed by atoms with Gasteiger partial charge in [0.1, 0.15) is 13.2 Å². The van der Waals surface area contributed by atoms with Gasteiger partial charge in [0.25, 0.3) is 0 Å². The lowest BCUT2D eigenvalue weighted by molar-refractivity contribution is -0.175. The number of hydrogen-bond donors (Lipinski definition) is 2. The molecular formula is C14H17F3N2O2. The van der Waals surface area contributed by atoms with E-state index in [1.807, 2.05) is 18.2 Å². The number of nitrogens with one attached hydrogen (secondary N) is 2. The topological polar surface area (TPSA) is 50.4 Å². The lowest BCUT2D eigenvalue weighted by Crippen LogP contribution is -2.30. The number of benzene rings is 1. The minimum absolute atomic E-state index is 0.268. The van der Waals surface area contributed by atoms with Crippen LogP contribution in [-0.2, 0) is 22.5 Å². The van der Waals surface area contributed by atoms with E-state index in [0.717, 1.165) is 30.6 Å². The van der Waals surface area contributed by atoms with E-state index in [-0.39, 0.29) is 6.54 Å². The third-order valence-electron chi connectivity index (χ3n) is 3.14. The van der Waals surface area contributed by atoms with E-state index >= 15 is 0 Å². The number of hydrogen-bond acceptors (Lipinski definition) is 3. The molecule has 21 heavy (non-hydrogen) atoms. The van der Waals surface area contributed by atoms with Gasteiger partial charge in [-0.3, -0.25) is 4.79 Å². The molecule has 0 unspecified atom stereocenters. The number of aryl methyl sites for hydroxylation is 1. The van der Waals surface area contributed by atoms with Crippen molar-refractivity contribution in [3.8, 4) is 0 Å². The fraction of sp³-hybridized carbons (Fsp3) is 0.500. The quantitative estimate of drug-likeness (QED) is 0.877. The third kappa shape index (κ3) is 4.93. The van der Waals surface area contributed by atoms with Gasteiger partial charge in [-0.2, -0.15) is 13.2 Å². The summed E-state index contributed by atoms with van der Waals surface area (Å²) in [4.78, 5) is 11.4. The smallest absolute Gasteiger partial charge is 0.385 e. The Balaban J connectivity index is 1.82. The number of halogens is 3. The molecule has 1 aromatic carbocycles. The van der Waals surface area contributed by atoms with Gasteiger partial charge < -0.3 is 15.4 Å². The predicted molar refractivity (Wildman–Crippen MR) is 72.0 cm³/mol. The predicted octanol–water partition coefficient (Wildman–Crippen LogP) is 2.24. The Morgan fingerprint density at radius 3 is 2.95 bits per heavy atom. The zero-order valence-corrected chi connectivity index (χ0v) is 11.4. The number of anilines is 1. The van der Waals surface area contributed by atoms with E-state index < -0.39 is 25.3 Å². The van der Waals surface area contributed by atoms with Crippen LogP contribution in [0.3, 0.4) is 0 Å². The molecule has 2 N–H and O–H groups in total. The fourth-order valence-electron chi connectivity index (χ4n) is 2.23. The third-order valence-corrected chi connectivity index (χ3v) is 3.14. The Morgan fingerprint density at radius 2 is 2.19 bits per heavy atom. The molecule has 0 fully saturated rings. The molecule has 1 heterocycles. The first-order chi connectivity index (χ1) is 9.96. The maximum Gasteiger partial charge on any atom is 0.411 e. The maximum atomic E-state index is 11.9. The van der Waals surface area contributed by atoms with Gasteiger partial charge in [-0.05, 0) is 24.0 Å². The second-order valence-corrected chi connectivity index (χ2v) is 4.87. The molecule has 1 aromatic rings. The molecule has 0 saturated heterocycles. The SMILES string of the molecule is O=C(COCC(F)(F)F)NCc1cccc2c1NCCC2. The van der Waals surface area contributed by atoms with Crippen LogP contribution in [0.2, 0.25) is 0 Å². The standard InChI is InChI=1S/C14H17F3N2O2/c15-14(16,17)9-21-8-12(20)19-7-11-4-1-3-10-5-2-6-18-13(10)11/h1,3-4,18H,2,5-9H2,(H,19,20). The van der Waals surface area contributed by atoms with Crippen LogP contribution in [0.15, 0.2) is 18.2 Å². The number of amides is 1. The van der Waals surface area contributed by atoms with Crippen molar-refractivity contribution in [3.05, 3.63) is 29.3 Å². The molecule has 1 aliphatic rings. The second kappa shape index (κ2) is 6.80. The summed E-state index contributed by atoms with van der Waals surface area (Å²) < 4.78 is 39.9. The highest BCUT2D eigenvalue weighted by Gasteiger charge is 2.27.